The molecule has 15 heteroatoms. The number of hydrogen-bond acceptors (Lipinski definition) is 9. The van der Waals surface area contributed by atoms with Crippen LogP contribution >= 0.6 is 0 Å². The zero-order valence-corrected chi connectivity index (χ0v) is 27.6. The van der Waals surface area contributed by atoms with E-state index in [2.05, 4.69) is 30.5 Å². The van der Waals surface area contributed by atoms with Gasteiger partial charge in [-0.15, -0.1) is 5.10 Å². The van der Waals surface area contributed by atoms with Crippen molar-refractivity contribution in [3.8, 4) is 0 Å². The Kier molecular flexibility index (Phi) is 8.77. The Morgan fingerprint density at radius 2 is 1.73 bits per heavy atom. The number of benzene rings is 1. The van der Waals surface area contributed by atoms with Crippen LogP contribution in [0.15, 0.2) is 41.6 Å². The second kappa shape index (κ2) is 12.9. The number of hydrogen-bond donors (Lipinski definition) is 1. The average Bonchev–Trinajstić information content (AvgIpc) is 3.50. The molecule has 1 atom stereocenters. The SMILES string of the molecule is C[C@H]1Nc2ncnc3c2cc(C2CCS(=O)(=O)CC2)c(=O)n3CCCCn2cc(nn2)CN2CCC(CC2)C(F)(F)c2cccc1c2F. The van der Waals surface area contributed by atoms with Crippen molar-refractivity contribution in [3.05, 3.63) is 75.3 Å². The van der Waals surface area contributed by atoms with Gasteiger partial charge in [-0.05, 0) is 70.5 Å². The minimum atomic E-state index is -3.37. The molecule has 0 saturated carbocycles. The molecule has 0 aliphatic carbocycles. The van der Waals surface area contributed by atoms with Gasteiger partial charge in [0.2, 0.25) is 0 Å². The number of pyridine rings is 1. The van der Waals surface area contributed by atoms with E-state index in [1.807, 2.05) is 6.20 Å². The van der Waals surface area contributed by atoms with E-state index in [0.717, 1.165) is 5.69 Å². The van der Waals surface area contributed by atoms with Gasteiger partial charge in [-0.1, -0.05) is 23.4 Å². The summed E-state index contributed by atoms with van der Waals surface area (Å²) in [5, 5.41) is 12.3. The Bertz CT molecular complexity index is 1980. The van der Waals surface area contributed by atoms with E-state index >= 15 is 13.2 Å². The molecule has 0 spiro atoms. The average molecular weight is 685 g/mol. The van der Waals surface area contributed by atoms with Crippen LogP contribution in [-0.2, 0) is 35.4 Å². The fourth-order valence-corrected chi connectivity index (χ4v) is 8.90. The van der Waals surface area contributed by atoms with Crippen LogP contribution in [0.2, 0.25) is 0 Å². The third kappa shape index (κ3) is 6.33. The zero-order valence-electron chi connectivity index (χ0n) is 26.8. The van der Waals surface area contributed by atoms with Gasteiger partial charge in [0.05, 0.1) is 34.2 Å². The molecule has 4 aliphatic rings. The Morgan fingerprint density at radius 3 is 2.50 bits per heavy atom. The van der Waals surface area contributed by atoms with Gasteiger partial charge in [0.15, 0.2) is 0 Å². The molecule has 11 nitrogen and oxygen atoms in total. The van der Waals surface area contributed by atoms with Gasteiger partial charge < -0.3 is 5.32 Å². The number of anilines is 1. The number of aromatic nitrogens is 6. The van der Waals surface area contributed by atoms with Gasteiger partial charge in [0.25, 0.3) is 11.5 Å². The Hall–Kier alpha value is -3.85. The zero-order chi connectivity index (χ0) is 33.6. The number of fused-ring (bicyclic) bond motifs is 6. The predicted molar refractivity (Wildman–Crippen MR) is 174 cm³/mol. The minimum absolute atomic E-state index is 0.00133. The molecule has 0 unspecified atom stereocenters. The molecule has 10 bridgehead atoms. The summed E-state index contributed by atoms with van der Waals surface area (Å²) >= 11 is 0. The molecule has 8 rings (SSSR count). The highest BCUT2D eigenvalue weighted by Gasteiger charge is 2.45. The van der Waals surface area contributed by atoms with Crippen molar-refractivity contribution in [3.63, 3.8) is 0 Å². The number of rotatable bonds is 1. The first-order chi connectivity index (χ1) is 23.0. The van der Waals surface area contributed by atoms with Crippen molar-refractivity contribution >= 4 is 26.7 Å². The van der Waals surface area contributed by atoms with Gasteiger partial charge >= 0.3 is 0 Å². The minimum Gasteiger partial charge on any atom is -0.363 e. The molecule has 0 amide bonds. The third-order valence-corrected chi connectivity index (χ3v) is 11.9. The fraction of sp³-hybridized carbons (Fsp3) is 0.545. The van der Waals surface area contributed by atoms with Crippen LogP contribution in [0.3, 0.4) is 0 Å². The molecule has 3 aromatic heterocycles. The Balaban J connectivity index is 1.30. The van der Waals surface area contributed by atoms with Gasteiger partial charge in [0.1, 0.15) is 33.4 Å². The van der Waals surface area contributed by atoms with E-state index in [0.29, 0.717) is 80.8 Å². The lowest BCUT2D eigenvalue weighted by Gasteiger charge is -2.36. The van der Waals surface area contributed by atoms with Crippen molar-refractivity contribution in [2.75, 3.05) is 29.9 Å². The maximum atomic E-state index is 16.1. The lowest BCUT2D eigenvalue weighted by molar-refractivity contribution is -0.0886. The first-order valence-corrected chi connectivity index (χ1v) is 18.5. The summed E-state index contributed by atoms with van der Waals surface area (Å²) in [5.41, 5.74) is 0.841. The molecular formula is C33H39F3N8O3S. The topological polar surface area (TPSA) is 128 Å². The standard InChI is InChI=1S/C33H39F3N8O3S/c1-21-25-5-4-6-28(29(25)34)33(35,36)23-7-13-42(14-8-23)18-24-19-43(41-40-24)11-2-3-12-44-31-27(30(39-21)37-20-38-31)17-26(32(44)45)22-9-15-48(46,47)16-10-22/h4-6,17,19-23H,2-3,7-16,18H2,1H3,(H,37,38,39)/t21-/m1/s1. The lowest BCUT2D eigenvalue weighted by atomic mass is 9.85. The summed E-state index contributed by atoms with van der Waals surface area (Å²) in [5.74, 6) is -5.27. The quantitative estimate of drug-likeness (QED) is 0.301. The van der Waals surface area contributed by atoms with Gasteiger partial charge in [-0.3, -0.25) is 18.9 Å². The van der Waals surface area contributed by atoms with E-state index in [-0.39, 0.29) is 41.4 Å². The highest BCUT2D eigenvalue weighted by atomic mass is 32.2. The van der Waals surface area contributed by atoms with Crippen LogP contribution in [0.1, 0.15) is 79.8 Å². The smallest absolute Gasteiger partial charge is 0.278 e. The molecule has 4 aliphatic heterocycles. The Morgan fingerprint density at radius 1 is 0.979 bits per heavy atom. The molecule has 1 N–H and O–H groups in total. The summed E-state index contributed by atoms with van der Waals surface area (Å²) in [4.78, 5) is 25.0. The summed E-state index contributed by atoms with van der Waals surface area (Å²) in [6.45, 7) is 3.99. The summed E-state index contributed by atoms with van der Waals surface area (Å²) in [6.07, 6.45) is 5.62. The van der Waals surface area contributed by atoms with Crippen molar-refractivity contribution in [2.45, 2.75) is 83.0 Å². The second-order valence-corrected chi connectivity index (χ2v) is 15.7. The number of sulfone groups is 1. The largest absolute Gasteiger partial charge is 0.363 e. The maximum absolute atomic E-state index is 16.1. The van der Waals surface area contributed by atoms with Crippen LogP contribution in [0.5, 0.6) is 0 Å². The molecule has 2 saturated heterocycles. The van der Waals surface area contributed by atoms with Crippen LogP contribution in [0.4, 0.5) is 19.0 Å². The molecule has 2 fully saturated rings. The summed E-state index contributed by atoms with van der Waals surface area (Å²) in [7, 11) is -3.16. The van der Waals surface area contributed by atoms with E-state index in [9.17, 15) is 13.2 Å². The van der Waals surface area contributed by atoms with E-state index < -0.39 is 39.1 Å². The molecule has 4 aromatic rings. The normalized spacial score (nSPS) is 24.9. The first kappa shape index (κ1) is 32.7. The predicted octanol–water partition coefficient (Wildman–Crippen LogP) is 4.79. The van der Waals surface area contributed by atoms with Gasteiger partial charge in [-0.25, -0.2) is 31.6 Å². The number of piperidine rings is 1. The number of nitrogens with one attached hydrogen (secondary N) is 1. The highest BCUT2D eigenvalue weighted by Crippen LogP contribution is 2.44. The van der Waals surface area contributed by atoms with Crippen molar-refractivity contribution in [1.82, 2.24) is 34.4 Å². The van der Waals surface area contributed by atoms with E-state index in [1.54, 1.807) is 22.2 Å². The number of nitrogens with zero attached hydrogens (tertiary/aromatic N) is 7. The second-order valence-electron chi connectivity index (χ2n) is 13.4. The molecule has 48 heavy (non-hydrogen) atoms. The summed E-state index contributed by atoms with van der Waals surface area (Å²) in [6, 6.07) is 5.08. The molecule has 256 valence electrons. The van der Waals surface area contributed by atoms with Crippen LogP contribution < -0.4 is 10.9 Å². The van der Waals surface area contributed by atoms with Crippen molar-refractivity contribution < 1.29 is 21.6 Å². The third-order valence-electron chi connectivity index (χ3n) is 10.2. The molecule has 7 heterocycles. The Labute approximate surface area is 276 Å². The molecule has 0 radical (unpaired) electrons. The number of alkyl halides is 2. The van der Waals surface area contributed by atoms with Crippen LogP contribution in [0.25, 0.3) is 11.0 Å². The van der Waals surface area contributed by atoms with E-state index in [4.69, 9.17) is 0 Å². The van der Waals surface area contributed by atoms with E-state index in [1.165, 1.54) is 24.5 Å². The van der Waals surface area contributed by atoms with Crippen molar-refractivity contribution in [2.24, 2.45) is 5.92 Å². The van der Waals surface area contributed by atoms with Crippen LogP contribution in [0, 0.1) is 11.7 Å². The number of halogens is 3. The van der Waals surface area contributed by atoms with Crippen LogP contribution in [-0.4, -0.2) is 67.4 Å². The number of aryl methyl sites for hydroxylation is 2. The van der Waals surface area contributed by atoms with Gasteiger partial charge in [-0.2, -0.15) is 0 Å². The molecule has 1 aromatic carbocycles. The highest BCUT2D eigenvalue weighted by molar-refractivity contribution is 7.91. The van der Waals surface area contributed by atoms with Crippen molar-refractivity contribution in [1.29, 1.82) is 0 Å². The molecular weight excluding hydrogens is 645 g/mol. The monoisotopic (exact) mass is 684 g/mol. The maximum Gasteiger partial charge on any atom is 0.278 e. The first-order valence-electron chi connectivity index (χ1n) is 16.6. The summed E-state index contributed by atoms with van der Waals surface area (Å²) < 4.78 is 75.8. The lowest BCUT2D eigenvalue weighted by Crippen LogP contribution is -2.39. The van der Waals surface area contributed by atoms with Gasteiger partial charge in [0, 0.05) is 42.9 Å². The fourth-order valence-electron chi connectivity index (χ4n) is 7.41.